The number of hydrogen-bond donors (Lipinski definition) is 0. The van der Waals surface area contributed by atoms with Crippen LogP contribution in [0.5, 0.6) is 0 Å². The Hall–Kier alpha value is -1.45. The number of ketones is 1. The molecule has 2 saturated heterocycles. The quantitative estimate of drug-likeness (QED) is 0.764. The van der Waals surface area contributed by atoms with E-state index < -0.39 is 11.6 Å². The Morgan fingerprint density at radius 3 is 2.44 bits per heavy atom. The van der Waals surface area contributed by atoms with Crippen molar-refractivity contribution in [2.45, 2.75) is 44.2 Å². The number of rotatable bonds is 1. The molecule has 1 aromatic rings. The molecular formula is C14H15F2NO. The number of nitrogens with zero attached hydrogens (tertiary/aromatic N) is 1. The second kappa shape index (κ2) is 4.34. The van der Waals surface area contributed by atoms with E-state index in [0.717, 1.165) is 31.4 Å². The van der Waals surface area contributed by atoms with E-state index in [1.807, 2.05) is 4.90 Å². The van der Waals surface area contributed by atoms with E-state index in [4.69, 9.17) is 0 Å². The lowest BCUT2D eigenvalue weighted by Gasteiger charge is -2.47. The lowest BCUT2D eigenvalue weighted by Crippen LogP contribution is -2.53. The smallest absolute Gasteiger partial charge is 0.146 e. The molecule has 0 saturated carbocycles. The predicted octanol–water partition coefficient (Wildman–Crippen LogP) is 3.06. The zero-order valence-corrected chi connectivity index (χ0v) is 10.0. The van der Waals surface area contributed by atoms with Crippen molar-refractivity contribution >= 4 is 11.5 Å². The summed E-state index contributed by atoms with van der Waals surface area (Å²) in [6, 6.07) is 3.62. The van der Waals surface area contributed by atoms with E-state index in [-0.39, 0.29) is 17.9 Å². The molecule has 0 amide bonds. The van der Waals surface area contributed by atoms with Gasteiger partial charge in [-0.3, -0.25) is 4.79 Å². The van der Waals surface area contributed by atoms with E-state index in [9.17, 15) is 13.6 Å². The monoisotopic (exact) mass is 251 g/mol. The molecule has 18 heavy (non-hydrogen) atoms. The van der Waals surface area contributed by atoms with E-state index in [1.165, 1.54) is 6.07 Å². The summed E-state index contributed by atoms with van der Waals surface area (Å²) in [5, 5.41) is 0. The van der Waals surface area contributed by atoms with Gasteiger partial charge in [0.15, 0.2) is 0 Å². The minimum atomic E-state index is -0.429. The van der Waals surface area contributed by atoms with Crippen LogP contribution in [-0.2, 0) is 4.79 Å². The van der Waals surface area contributed by atoms with Crippen molar-refractivity contribution in [3.05, 3.63) is 29.8 Å². The molecule has 96 valence electrons. The Labute approximate surface area is 105 Å². The number of Topliss-reactive ketones (excluding diaryl/α,β-unsaturated/α-hetero) is 1. The molecule has 2 nitrogen and oxygen atoms in total. The highest BCUT2D eigenvalue weighted by atomic mass is 19.1. The van der Waals surface area contributed by atoms with Gasteiger partial charge in [0, 0.05) is 31.0 Å². The molecule has 2 unspecified atom stereocenters. The molecule has 2 aliphatic heterocycles. The first-order valence-electron chi connectivity index (χ1n) is 6.40. The number of halogens is 2. The molecule has 0 radical (unpaired) electrons. The largest absolute Gasteiger partial charge is 0.362 e. The second-order valence-electron chi connectivity index (χ2n) is 5.19. The fourth-order valence-electron chi connectivity index (χ4n) is 3.25. The Bertz CT molecular complexity index is 473. The summed E-state index contributed by atoms with van der Waals surface area (Å²) in [6.07, 6.45) is 3.77. The topological polar surface area (TPSA) is 20.3 Å². The van der Waals surface area contributed by atoms with Crippen LogP contribution in [0.25, 0.3) is 0 Å². The van der Waals surface area contributed by atoms with Crippen LogP contribution < -0.4 is 4.90 Å². The number of piperidine rings is 2. The van der Waals surface area contributed by atoms with E-state index in [2.05, 4.69) is 0 Å². The van der Waals surface area contributed by atoms with Gasteiger partial charge < -0.3 is 4.90 Å². The maximum absolute atomic E-state index is 13.9. The molecule has 0 aromatic heterocycles. The first kappa shape index (κ1) is 11.6. The average Bonchev–Trinajstić information content (AvgIpc) is 2.31. The van der Waals surface area contributed by atoms with Crippen LogP contribution in [0.2, 0.25) is 0 Å². The van der Waals surface area contributed by atoms with Crippen LogP contribution in [0.1, 0.15) is 32.1 Å². The van der Waals surface area contributed by atoms with Crippen molar-refractivity contribution < 1.29 is 13.6 Å². The number of fused-ring (bicyclic) bond motifs is 2. The summed E-state index contributed by atoms with van der Waals surface area (Å²) in [5.74, 6) is -0.582. The van der Waals surface area contributed by atoms with Crippen LogP contribution in [-0.4, -0.2) is 17.9 Å². The second-order valence-corrected chi connectivity index (χ2v) is 5.19. The third-order valence-corrected chi connectivity index (χ3v) is 3.97. The highest BCUT2D eigenvalue weighted by Gasteiger charge is 2.38. The van der Waals surface area contributed by atoms with E-state index in [0.29, 0.717) is 18.5 Å². The number of carbonyl (C=O) groups is 1. The van der Waals surface area contributed by atoms with Crippen molar-refractivity contribution in [3.63, 3.8) is 0 Å². The third kappa shape index (κ3) is 1.89. The zero-order chi connectivity index (χ0) is 12.7. The minimum absolute atomic E-state index is 0.0429. The van der Waals surface area contributed by atoms with Gasteiger partial charge in [-0.15, -0.1) is 0 Å². The van der Waals surface area contributed by atoms with Gasteiger partial charge in [-0.2, -0.15) is 0 Å². The molecule has 2 atom stereocenters. The summed E-state index contributed by atoms with van der Waals surface area (Å²) < 4.78 is 27.2. The van der Waals surface area contributed by atoms with Crippen molar-refractivity contribution in [2.75, 3.05) is 4.90 Å². The predicted molar refractivity (Wildman–Crippen MR) is 64.5 cm³/mol. The van der Waals surface area contributed by atoms with E-state index in [1.54, 1.807) is 0 Å². The molecular weight excluding hydrogens is 236 g/mol. The Kier molecular flexibility index (Phi) is 2.80. The van der Waals surface area contributed by atoms with Crippen LogP contribution in [0, 0.1) is 11.6 Å². The van der Waals surface area contributed by atoms with Crippen LogP contribution >= 0.6 is 0 Å². The Morgan fingerprint density at radius 2 is 1.78 bits per heavy atom. The first-order chi connectivity index (χ1) is 8.65. The van der Waals surface area contributed by atoms with Gasteiger partial charge in [-0.25, -0.2) is 8.78 Å². The van der Waals surface area contributed by atoms with Crippen molar-refractivity contribution in [1.29, 1.82) is 0 Å². The molecule has 1 aromatic carbocycles. The average molecular weight is 251 g/mol. The number of benzene rings is 1. The SMILES string of the molecule is O=C1CC2CCCC(C1)N2c1cc(F)ccc1F. The summed E-state index contributed by atoms with van der Waals surface area (Å²) in [7, 11) is 0. The van der Waals surface area contributed by atoms with Gasteiger partial charge in [-0.05, 0) is 31.4 Å². The van der Waals surface area contributed by atoms with Gasteiger partial charge >= 0.3 is 0 Å². The van der Waals surface area contributed by atoms with Gasteiger partial charge in [0.1, 0.15) is 17.4 Å². The number of carbonyl (C=O) groups excluding carboxylic acids is 1. The maximum atomic E-state index is 13.9. The van der Waals surface area contributed by atoms with Crippen LogP contribution in [0.4, 0.5) is 14.5 Å². The third-order valence-electron chi connectivity index (χ3n) is 3.97. The van der Waals surface area contributed by atoms with Gasteiger partial charge in [0.2, 0.25) is 0 Å². The summed E-state index contributed by atoms with van der Waals surface area (Å²) in [6.45, 7) is 0. The van der Waals surface area contributed by atoms with Crippen LogP contribution in [0.3, 0.4) is 0 Å². The van der Waals surface area contributed by atoms with Gasteiger partial charge in [0.25, 0.3) is 0 Å². The molecule has 0 N–H and O–H groups in total. The molecule has 3 rings (SSSR count). The van der Waals surface area contributed by atoms with Crippen LogP contribution in [0.15, 0.2) is 18.2 Å². The molecule has 2 bridgehead atoms. The molecule has 2 heterocycles. The Morgan fingerprint density at radius 1 is 1.11 bits per heavy atom. The fraction of sp³-hybridized carbons (Fsp3) is 0.500. The molecule has 0 aliphatic carbocycles. The fourth-order valence-corrected chi connectivity index (χ4v) is 3.25. The highest BCUT2D eigenvalue weighted by Crippen LogP contribution is 2.37. The normalized spacial score (nSPS) is 27.4. The molecule has 4 heteroatoms. The molecule has 0 spiro atoms. The highest BCUT2D eigenvalue weighted by molar-refractivity contribution is 5.82. The van der Waals surface area contributed by atoms with Gasteiger partial charge in [0.05, 0.1) is 5.69 Å². The van der Waals surface area contributed by atoms with Crippen molar-refractivity contribution in [1.82, 2.24) is 0 Å². The van der Waals surface area contributed by atoms with Crippen molar-refractivity contribution in [3.8, 4) is 0 Å². The molecule has 2 fully saturated rings. The summed E-state index contributed by atoms with van der Waals surface area (Å²) in [4.78, 5) is 13.5. The number of hydrogen-bond acceptors (Lipinski definition) is 2. The lowest BCUT2D eigenvalue weighted by atomic mass is 9.83. The van der Waals surface area contributed by atoms with Crippen molar-refractivity contribution in [2.24, 2.45) is 0 Å². The summed E-state index contributed by atoms with van der Waals surface area (Å²) >= 11 is 0. The lowest BCUT2D eigenvalue weighted by molar-refractivity contribution is -0.121. The molecule has 2 aliphatic rings. The number of anilines is 1. The first-order valence-corrected chi connectivity index (χ1v) is 6.40. The standard InChI is InChI=1S/C14H15F2NO/c15-9-4-5-13(16)14(6-9)17-10-2-1-3-11(17)8-12(18)7-10/h4-6,10-11H,1-3,7-8H2. The summed E-state index contributed by atoms with van der Waals surface area (Å²) in [5.41, 5.74) is 0.317. The van der Waals surface area contributed by atoms with E-state index >= 15 is 0 Å². The zero-order valence-electron chi connectivity index (χ0n) is 10.0. The minimum Gasteiger partial charge on any atom is -0.362 e. The van der Waals surface area contributed by atoms with Gasteiger partial charge in [-0.1, -0.05) is 0 Å². The maximum Gasteiger partial charge on any atom is 0.146 e. The Balaban J connectivity index is 2.00.